The fraction of sp³-hybridized carbons (Fsp3) is 0.391. The van der Waals surface area contributed by atoms with Gasteiger partial charge in [-0.1, -0.05) is 39.0 Å². The highest BCUT2D eigenvalue weighted by atomic mass is 16.5. The van der Waals surface area contributed by atoms with Crippen molar-refractivity contribution in [2.24, 2.45) is 0 Å². The Morgan fingerprint density at radius 1 is 1.07 bits per heavy atom. The topological polar surface area (TPSA) is 67.9 Å². The number of likely N-dealkylation sites (N-methyl/N-ethyl adjacent to an activating group) is 1. The van der Waals surface area contributed by atoms with Gasteiger partial charge in [-0.15, -0.1) is 0 Å². The lowest BCUT2D eigenvalue weighted by molar-refractivity contribution is -0.139. The largest absolute Gasteiger partial charge is 0.497 e. The van der Waals surface area contributed by atoms with Gasteiger partial charge in [0.2, 0.25) is 5.91 Å². The van der Waals surface area contributed by atoms with E-state index in [1.807, 2.05) is 24.3 Å². The summed E-state index contributed by atoms with van der Waals surface area (Å²) in [6.07, 6.45) is -0.708. The number of hydrogen-bond acceptors (Lipinski definition) is 4. The number of amides is 2. The summed E-state index contributed by atoms with van der Waals surface area (Å²) in [6.45, 7) is 7.97. The molecule has 0 radical (unpaired) electrons. The number of nitrogens with one attached hydrogen (secondary N) is 1. The molecule has 6 nitrogen and oxygen atoms in total. The van der Waals surface area contributed by atoms with Crippen LogP contribution in [0.15, 0.2) is 48.5 Å². The van der Waals surface area contributed by atoms with E-state index in [0.29, 0.717) is 17.2 Å². The van der Waals surface area contributed by atoms with Crippen molar-refractivity contribution in [2.45, 2.75) is 39.2 Å². The molecule has 0 bridgehead atoms. The standard InChI is InChI=1S/C23H30N2O4/c1-16(29-20-12-7-9-17(13-20)23(2,3)4)22(27)25(5)15-21(26)24-18-10-8-11-19(14-18)28-6/h7-14,16H,15H2,1-6H3,(H,24,26). The Kier molecular flexibility index (Phi) is 7.26. The molecule has 29 heavy (non-hydrogen) atoms. The molecule has 0 fully saturated rings. The normalized spacial score (nSPS) is 12.1. The molecule has 0 saturated heterocycles. The summed E-state index contributed by atoms with van der Waals surface area (Å²) in [5, 5.41) is 2.76. The smallest absolute Gasteiger partial charge is 0.263 e. The van der Waals surface area contributed by atoms with Gasteiger partial charge in [0.05, 0.1) is 13.7 Å². The molecule has 1 N–H and O–H groups in total. The lowest BCUT2D eigenvalue weighted by Crippen LogP contribution is -2.42. The van der Waals surface area contributed by atoms with Crippen LogP contribution in [0.3, 0.4) is 0 Å². The zero-order valence-electron chi connectivity index (χ0n) is 18.0. The fourth-order valence-corrected chi connectivity index (χ4v) is 2.80. The second-order valence-electron chi connectivity index (χ2n) is 8.01. The maximum Gasteiger partial charge on any atom is 0.263 e. The highest BCUT2D eigenvalue weighted by molar-refractivity contribution is 5.95. The molecule has 1 atom stereocenters. The van der Waals surface area contributed by atoms with E-state index < -0.39 is 6.10 Å². The monoisotopic (exact) mass is 398 g/mol. The van der Waals surface area contributed by atoms with Gasteiger partial charge in [-0.05, 0) is 42.2 Å². The fourth-order valence-electron chi connectivity index (χ4n) is 2.80. The number of rotatable bonds is 7. The molecule has 0 aromatic heterocycles. The Morgan fingerprint density at radius 2 is 1.72 bits per heavy atom. The van der Waals surface area contributed by atoms with Gasteiger partial charge in [-0.3, -0.25) is 9.59 Å². The van der Waals surface area contributed by atoms with E-state index in [-0.39, 0.29) is 23.8 Å². The number of nitrogens with zero attached hydrogens (tertiary/aromatic N) is 1. The number of carbonyl (C=O) groups excluding carboxylic acids is 2. The molecule has 2 amide bonds. The summed E-state index contributed by atoms with van der Waals surface area (Å²) in [5.41, 5.74) is 1.72. The van der Waals surface area contributed by atoms with E-state index in [2.05, 4.69) is 26.1 Å². The van der Waals surface area contributed by atoms with E-state index in [0.717, 1.165) is 5.56 Å². The molecule has 0 spiro atoms. The van der Waals surface area contributed by atoms with E-state index in [1.165, 1.54) is 4.90 Å². The summed E-state index contributed by atoms with van der Waals surface area (Å²) in [7, 11) is 3.14. The molecule has 0 aliphatic heterocycles. The predicted molar refractivity (Wildman–Crippen MR) is 114 cm³/mol. The SMILES string of the molecule is COc1cccc(NC(=O)CN(C)C(=O)C(C)Oc2cccc(C(C)(C)C)c2)c1. The summed E-state index contributed by atoms with van der Waals surface area (Å²) >= 11 is 0. The van der Waals surface area contributed by atoms with Crippen LogP contribution in [0.25, 0.3) is 0 Å². The molecule has 2 aromatic carbocycles. The first kappa shape index (κ1) is 22.3. The molecular formula is C23H30N2O4. The van der Waals surface area contributed by atoms with Crippen molar-refractivity contribution in [3.8, 4) is 11.5 Å². The number of ether oxygens (including phenoxy) is 2. The maximum absolute atomic E-state index is 12.6. The van der Waals surface area contributed by atoms with Gasteiger partial charge in [0.25, 0.3) is 5.91 Å². The van der Waals surface area contributed by atoms with Crippen LogP contribution >= 0.6 is 0 Å². The average Bonchev–Trinajstić information content (AvgIpc) is 2.66. The molecular weight excluding hydrogens is 368 g/mol. The van der Waals surface area contributed by atoms with Crippen molar-refractivity contribution in [3.63, 3.8) is 0 Å². The minimum absolute atomic E-state index is 0.0123. The van der Waals surface area contributed by atoms with E-state index in [1.54, 1.807) is 45.3 Å². The zero-order valence-corrected chi connectivity index (χ0v) is 18.0. The van der Waals surface area contributed by atoms with Gasteiger partial charge in [-0.2, -0.15) is 0 Å². The number of hydrogen-bond donors (Lipinski definition) is 1. The van der Waals surface area contributed by atoms with Crippen molar-refractivity contribution < 1.29 is 19.1 Å². The number of benzene rings is 2. The lowest BCUT2D eigenvalue weighted by atomic mass is 9.87. The van der Waals surface area contributed by atoms with Gasteiger partial charge >= 0.3 is 0 Å². The number of methoxy groups -OCH3 is 1. The molecule has 0 saturated carbocycles. The van der Waals surface area contributed by atoms with Gasteiger partial charge in [-0.25, -0.2) is 0 Å². The minimum Gasteiger partial charge on any atom is -0.497 e. The first-order valence-corrected chi connectivity index (χ1v) is 9.56. The molecule has 0 aliphatic carbocycles. The third-order valence-corrected chi connectivity index (χ3v) is 4.47. The van der Waals surface area contributed by atoms with Gasteiger partial charge < -0.3 is 19.7 Å². The van der Waals surface area contributed by atoms with E-state index >= 15 is 0 Å². The minimum atomic E-state index is -0.708. The van der Waals surface area contributed by atoms with Gasteiger partial charge in [0, 0.05) is 18.8 Å². The lowest BCUT2D eigenvalue weighted by Gasteiger charge is -2.23. The Balaban J connectivity index is 1.94. The maximum atomic E-state index is 12.6. The average molecular weight is 399 g/mol. The van der Waals surface area contributed by atoms with Crippen LogP contribution in [0, 0.1) is 0 Å². The molecule has 6 heteroatoms. The van der Waals surface area contributed by atoms with Crippen LogP contribution in [0.4, 0.5) is 5.69 Å². The summed E-state index contributed by atoms with van der Waals surface area (Å²) in [5.74, 6) is 0.710. The quantitative estimate of drug-likeness (QED) is 0.769. The second-order valence-corrected chi connectivity index (χ2v) is 8.01. The number of anilines is 1. The predicted octanol–water partition coefficient (Wildman–Crippen LogP) is 3.86. The van der Waals surface area contributed by atoms with Crippen LogP contribution in [-0.4, -0.2) is 43.5 Å². The summed E-state index contributed by atoms with van der Waals surface area (Å²) in [4.78, 5) is 26.2. The van der Waals surface area contributed by atoms with E-state index in [9.17, 15) is 9.59 Å². The van der Waals surface area contributed by atoms with E-state index in [4.69, 9.17) is 9.47 Å². The Labute approximate surface area is 172 Å². The van der Waals surface area contributed by atoms with Crippen LogP contribution in [0.5, 0.6) is 11.5 Å². The highest BCUT2D eigenvalue weighted by Crippen LogP contribution is 2.26. The molecule has 1 unspecified atom stereocenters. The summed E-state index contributed by atoms with van der Waals surface area (Å²) in [6, 6.07) is 14.8. The first-order valence-electron chi connectivity index (χ1n) is 9.56. The van der Waals surface area contributed by atoms with Crippen molar-refractivity contribution in [3.05, 3.63) is 54.1 Å². The van der Waals surface area contributed by atoms with Gasteiger partial charge in [0.15, 0.2) is 6.10 Å². The zero-order chi connectivity index (χ0) is 21.6. The Bertz CT molecular complexity index is 858. The molecule has 156 valence electrons. The van der Waals surface area contributed by atoms with Crippen molar-refractivity contribution in [2.75, 3.05) is 26.0 Å². The third-order valence-electron chi connectivity index (χ3n) is 4.47. The molecule has 0 aliphatic rings. The molecule has 2 aromatic rings. The summed E-state index contributed by atoms with van der Waals surface area (Å²) < 4.78 is 11.0. The highest BCUT2D eigenvalue weighted by Gasteiger charge is 2.22. The van der Waals surface area contributed by atoms with Crippen LogP contribution < -0.4 is 14.8 Å². The van der Waals surface area contributed by atoms with Crippen LogP contribution in [-0.2, 0) is 15.0 Å². The van der Waals surface area contributed by atoms with Crippen molar-refractivity contribution in [1.29, 1.82) is 0 Å². The Hall–Kier alpha value is -3.02. The van der Waals surface area contributed by atoms with Crippen molar-refractivity contribution in [1.82, 2.24) is 4.90 Å². The third kappa shape index (κ3) is 6.52. The first-order chi connectivity index (χ1) is 13.6. The molecule has 0 heterocycles. The van der Waals surface area contributed by atoms with Gasteiger partial charge in [0.1, 0.15) is 11.5 Å². The second kappa shape index (κ2) is 9.45. The van der Waals surface area contributed by atoms with Crippen molar-refractivity contribution >= 4 is 17.5 Å². The van der Waals surface area contributed by atoms with Crippen LogP contribution in [0.2, 0.25) is 0 Å². The number of carbonyl (C=O) groups is 2. The van der Waals surface area contributed by atoms with Crippen LogP contribution in [0.1, 0.15) is 33.3 Å². The Morgan fingerprint density at radius 3 is 2.38 bits per heavy atom. The molecule has 2 rings (SSSR count).